The van der Waals surface area contributed by atoms with E-state index in [-0.39, 0.29) is 24.2 Å². The fraction of sp³-hybridized carbons (Fsp3) is 0.571. The van der Waals surface area contributed by atoms with Crippen LogP contribution in [0.15, 0.2) is 29.3 Å². The van der Waals surface area contributed by atoms with Crippen molar-refractivity contribution in [2.75, 3.05) is 50.8 Å². The Hall–Kier alpha value is -2.45. The molecule has 0 radical (unpaired) electrons. The zero-order valence-corrected chi connectivity index (χ0v) is 16.5. The van der Waals surface area contributed by atoms with Gasteiger partial charge in [-0.3, -0.25) is 19.1 Å². The minimum Gasteiger partial charge on any atom is -0.369 e. The van der Waals surface area contributed by atoms with Crippen LogP contribution in [0.2, 0.25) is 0 Å². The van der Waals surface area contributed by atoms with Gasteiger partial charge in [-0.2, -0.15) is 0 Å². The first kappa shape index (κ1) is 18.6. The summed E-state index contributed by atoms with van der Waals surface area (Å²) in [6, 6.07) is 6.00. The Balaban J connectivity index is 1.22. The van der Waals surface area contributed by atoms with Crippen molar-refractivity contribution in [2.45, 2.75) is 25.5 Å². The zero-order chi connectivity index (χ0) is 19.8. The van der Waals surface area contributed by atoms with Gasteiger partial charge in [0.1, 0.15) is 6.61 Å². The molecule has 1 unspecified atom stereocenters. The molecule has 29 heavy (non-hydrogen) atoms. The van der Waals surface area contributed by atoms with E-state index in [4.69, 9.17) is 4.74 Å². The summed E-state index contributed by atoms with van der Waals surface area (Å²) in [5.74, 6) is 0.619. The normalized spacial score (nSPS) is 23.4. The standard InChI is InChI=1S/C21H27N5O3/c27-20-13-29-17(10-22-20)12-24-5-7-25(8-6-24)16-3-4-18-19(9-16)23-14-26(21(18)28)11-15-1-2-15/h3-4,9,14-15,17H,1-2,5-8,10-13H2,(H,22,27). The molecule has 1 aromatic carbocycles. The number of hydrogen-bond acceptors (Lipinski definition) is 6. The van der Waals surface area contributed by atoms with Crippen LogP contribution in [0, 0.1) is 5.92 Å². The van der Waals surface area contributed by atoms with Gasteiger partial charge in [0.2, 0.25) is 5.91 Å². The first-order valence-corrected chi connectivity index (χ1v) is 10.5. The highest BCUT2D eigenvalue weighted by atomic mass is 16.5. The summed E-state index contributed by atoms with van der Waals surface area (Å²) < 4.78 is 7.35. The number of carbonyl (C=O) groups excluding carboxylic acids is 1. The van der Waals surface area contributed by atoms with E-state index in [9.17, 15) is 9.59 Å². The molecule has 2 aliphatic heterocycles. The van der Waals surface area contributed by atoms with Crippen LogP contribution in [0.4, 0.5) is 5.69 Å². The van der Waals surface area contributed by atoms with Gasteiger partial charge >= 0.3 is 0 Å². The van der Waals surface area contributed by atoms with Crippen molar-refractivity contribution in [3.05, 3.63) is 34.9 Å². The number of nitrogens with one attached hydrogen (secondary N) is 1. The SMILES string of the molecule is O=C1COC(CN2CCN(c3ccc4c(=O)n(CC5CC5)cnc4c3)CC2)CN1. The Labute approximate surface area is 169 Å². The molecule has 3 heterocycles. The predicted octanol–water partition coefficient (Wildman–Crippen LogP) is 0.444. The number of aromatic nitrogens is 2. The number of anilines is 1. The minimum absolute atomic E-state index is 0.0321. The van der Waals surface area contributed by atoms with Crippen molar-refractivity contribution in [3.8, 4) is 0 Å². The molecular formula is C21H27N5O3. The summed E-state index contributed by atoms with van der Waals surface area (Å²) in [4.78, 5) is 33.2. The molecule has 3 fully saturated rings. The first-order chi connectivity index (χ1) is 14.2. The van der Waals surface area contributed by atoms with E-state index in [1.807, 2.05) is 18.2 Å². The first-order valence-electron chi connectivity index (χ1n) is 10.5. The van der Waals surface area contributed by atoms with Gasteiger partial charge in [0.15, 0.2) is 0 Å². The van der Waals surface area contributed by atoms with Crippen LogP contribution in [0.3, 0.4) is 0 Å². The molecule has 1 aromatic heterocycles. The maximum atomic E-state index is 12.7. The van der Waals surface area contributed by atoms with Gasteiger partial charge in [-0.25, -0.2) is 4.98 Å². The van der Waals surface area contributed by atoms with E-state index in [2.05, 4.69) is 20.1 Å². The Bertz CT molecular complexity index is 952. The molecule has 1 saturated carbocycles. The summed E-state index contributed by atoms with van der Waals surface area (Å²) in [5, 5.41) is 3.56. The lowest BCUT2D eigenvalue weighted by atomic mass is 10.2. The Morgan fingerprint density at radius 2 is 1.93 bits per heavy atom. The maximum Gasteiger partial charge on any atom is 0.261 e. The summed E-state index contributed by atoms with van der Waals surface area (Å²) in [5.41, 5.74) is 1.95. The maximum absolute atomic E-state index is 12.7. The molecule has 2 aromatic rings. The zero-order valence-electron chi connectivity index (χ0n) is 16.5. The number of piperazine rings is 1. The van der Waals surface area contributed by atoms with Gasteiger partial charge in [0.25, 0.3) is 5.56 Å². The van der Waals surface area contributed by atoms with Crippen molar-refractivity contribution in [3.63, 3.8) is 0 Å². The predicted molar refractivity (Wildman–Crippen MR) is 110 cm³/mol. The van der Waals surface area contributed by atoms with Crippen LogP contribution in [0.1, 0.15) is 12.8 Å². The number of hydrogen-bond donors (Lipinski definition) is 1. The van der Waals surface area contributed by atoms with Gasteiger partial charge in [-0.1, -0.05) is 0 Å². The third-order valence-electron chi connectivity index (χ3n) is 6.14. The Kier molecular flexibility index (Phi) is 4.97. The van der Waals surface area contributed by atoms with Crippen molar-refractivity contribution in [2.24, 2.45) is 5.92 Å². The van der Waals surface area contributed by atoms with Crippen molar-refractivity contribution >= 4 is 22.5 Å². The van der Waals surface area contributed by atoms with Crippen LogP contribution in [0.25, 0.3) is 10.9 Å². The summed E-state index contributed by atoms with van der Waals surface area (Å²) in [6.07, 6.45) is 4.21. The molecule has 5 rings (SSSR count). The number of fused-ring (bicyclic) bond motifs is 1. The molecule has 8 heteroatoms. The number of ether oxygens (including phenoxy) is 1. The summed E-state index contributed by atoms with van der Waals surface area (Å²) in [7, 11) is 0. The second-order valence-corrected chi connectivity index (χ2v) is 8.37. The van der Waals surface area contributed by atoms with Gasteiger partial charge in [0, 0.05) is 51.5 Å². The van der Waals surface area contributed by atoms with E-state index < -0.39 is 0 Å². The number of rotatable bonds is 5. The lowest BCUT2D eigenvalue weighted by Crippen LogP contribution is -2.52. The molecule has 1 atom stereocenters. The summed E-state index contributed by atoms with van der Waals surface area (Å²) in [6.45, 7) is 6.12. The number of nitrogens with zero attached hydrogens (tertiary/aromatic N) is 4. The smallest absolute Gasteiger partial charge is 0.261 e. The van der Waals surface area contributed by atoms with Crippen molar-refractivity contribution in [1.82, 2.24) is 19.8 Å². The van der Waals surface area contributed by atoms with Gasteiger partial charge in [0.05, 0.1) is 23.3 Å². The summed E-state index contributed by atoms with van der Waals surface area (Å²) >= 11 is 0. The molecule has 0 bridgehead atoms. The van der Waals surface area contributed by atoms with Crippen molar-refractivity contribution < 1.29 is 9.53 Å². The van der Waals surface area contributed by atoms with Gasteiger partial charge < -0.3 is 15.0 Å². The van der Waals surface area contributed by atoms with Gasteiger partial charge in [-0.05, 0) is 37.0 Å². The van der Waals surface area contributed by atoms with E-state index in [1.165, 1.54) is 12.8 Å². The van der Waals surface area contributed by atoms with E-state index in [0.29, 0.717) is 17.8 Å². The van der Waals surface area contributed by atoms with Crippen LogP contribution < -0.4 is 15.8 Å². The van der Waals surface area contributed by atoms with Crippen LogP contribution in [-0.2, 0) is 16.1 Å². The van der Waals surface area contributed by atoms with Crippen LogP contribution in [-0.4, -0.2) is 72.3 Å². The van der Waals surface area contributed by atoms with Crippen molar-refractivity contribution in [1.29, 1.82) is 0 Å². The Morgan fingerprint density at radius 3 is 2.66 bits per heavy atom. The van der Waals surface area contributed by atoms with Gasteiger partial charge in [-0.15, -0.1) is 0 Å². The highest BCUT2D eigenvalue weighted by molar-refractivity contribution is 5.81. The number of amides is 1. The largest absolute Gasteiger partial charge is 0.369 e. The third kappa shape index (κ3) is 4.13. The number of benzene rings is 1. The second kappa shape index (κ2) is 7.76. The van der Waals surface area contributed by atoms with E-state index in [1.54, 1.807) is 10.9 Å². The quantitative estimate of drug-likeness (QED) is 0.789. The number of morpholine rings is 1. The third-order valence-corrected chi connectivity index (χ3v) is 6.14. The minimum atomic E-state index is -0.0321. The average molecular weight is 397 g/mol. The fourth-order valence-electron chi connectivity index (χ4n) is 4.18. The number of carbonyl (C=O) groups is 1. The average Bonchev–Trinajstić information content (AvgIpc) is 3.56. The monoisotopic (exact) mass is 397 g/mol. The molecule has 1 amide bonds. The Morgan fingerprint density at radius 1 is 1.10 bits per heavy atom. The second-order valence-electron chi connectivity index (χ2n) is 8.37. The topological polar surface area (TPSA) is 79.7 Å². The molecule has 3 aliphatic rings. The van der Waals surface area contributed by atoms with Crippen LogP contribution >= 0.6 is 0 Å². The van der Waals surface area contributed by atoms with E-state index >= 15 is 0 Å². The fourth-order valence-corrected chi connectivity index (χ4v) is 4.18. The molecule has 1 N–H and O–H groups in total. The lowest BCUT2D eigenvalue weighted by Gasteiger charge is -2.38. The molecule has 1 aliphatic carbocycles. The lowest BCUT2D eigenvalue weighted by molar-refractivity contribution is -0.133. The van der Waals surface area contributed by atoms with Crippen LogP contribution in [0.5, 0.6) is 0 Å². The highest BCUT2D eigenvalue weighted by Gasteiger charge is 2.25. The molecule has 154 valence electrons. The highest BCUT2D eigenvalue weighted by Crippen LogP contribution is 2.30. The molecule has 8 nitrogen and oxygen atoms in total. The molecule has 2 saturated heterocycles. The van der Waals surface area contributed by atoms with E-state index in [0.717, 1.165) is 50.5 Å². The molecular weight excluding hydrogens is 370 g/mol. The molecule has 0 spiro atoms.